The molecule has 0 unspecified atom stereocenters. The molecule has 2 aromatic carbocycles. The second kappa shape index (κ2) is 8.84. The average molecular weight is 398 g/mol. The maximum atomic E-state index is 12.6. The number of nitrogens with zero attached hydrogens (tertiary/aromatic N) is 1. The Morgan fingerprint density at radius 2 is 1.96 bits per heavy atom. The van der Waals surface area contributed by atoms with E-state index in [9.17, 15) is 14.7 Å². The number of rotatable bonds is 7. The number of phenolic OH excluding ortho intramolecular Hbond substituents is 1. The molecule has 0 aliphatic rings. The van der Waals surface area contributed by atoms with E-state index in [1.54, 1.807) is 22.8 Å². The predicted molar refractivity (Wildman–Crippen MR) is 113 cm³/mol. The maximum Gasteiger partial charge on any atom is 0.262 e. The Labute approximate surface area is 167 Å². The fourth-order valence-corrected chi connectivity index (χ4v) is 3.38. The lowest BCUT2D eigenvalue weighted by atomic mass is 10.1. The van der Waals surface area contributed by atoms with Gasteiger partial charge in [0, 0.05) is 13.0 Å². The monoisotopic (exact) mass is 397 g/mol. The van der Waals surface area contributed by atoms with Crippen molar-refractivity contribution < 1.29 is 9.90 Å². The largest absolute Gasteiger partial charge is 0.506 e. The third kappa shape index (κ3) is 4.67. The van der Waals surface area contributed by atoms with Crippen LogP contribution in [0.15, 0.2) is 47.3 Å². The number of hydrogen-bond donors (Lipinski definition) is 3. The van der Waals surface area contributed by atoms with Gasteiger partial charge in [-0.15, -0.1) is 0 Å². The summed E-state index contributed by atoms with van der Waals surface area (Å²) in [5.74, 6) is -0.0717. The average Bonchev–Trinajstić information content (AvgIpc) is 2.66. The fraction of sp³-hybridized carbons (Fsp3) is 0.286. The highest BCUT2D eigenvalue weighted by Gasteiger charge is 2.08. The number of carbonyl (C=O) groups excluding carboxylic acids is 1. The molecule has 3 rings (SSSR count). The van der Waals surface area contributed by atoms with Crippen LogP contribution >= 0.6 is 12.2 Å². The number of aromatic nitrogens is 2. The van der Waals surface area contributed by atoms with Gasteiger partial charge in [0.05, 0.1) is 16.6 Å². The molecule has 0 saturated carbocycles. The SMILES string of the molecule is Cc1ccc(NC(=O)CCCCCn2c(=S)[nH]c3ccccc3c2=O)c(O)c1. The van der Waals surface area contributed by atoms with Crippen molar-refractivity contribution in [2.75, 3.05) is 5.32 Å². The Kier molecular flexibility index (Phi) is 6.26. The zero-order valence-corrected chi connectivity index (χ0v) is 16.5. The molecule has 6 nitrogen and oxygen atoms in total. The first-order valence-corrected chi connectivity index (χ1v) is 9.68. The van der Waals surface area contributed by atoms with Crippen molar-refractivity contribution in [1.29, 1.82) is 0 Å². The van der Waals surface area contributed by atoms with Crippen molar-refractivity contribution >= 4 is 34.7 Å². The number of anilines is 1. The molecule has 0 aliphatic heterocycles. The van der Waals surface area contributed by atoms with Gasteiger partial charge in [0.1, 0.15) is 5.75 Å². The predicted octanol–water partition coefficient (Wildman–Crippen LogP) is 4.27. The van der Waals surface area contributed by atoms with Crippen LogP contribution in [-0.2, 0) is 11.3 Å². The standard InChI is InChI=1S/C21H23N3O3S/c1-14-10-11-17(18(25)13-14)22-19(26)9-3-2-6-12-24-20(27)15-7-4-5-8-16(15)23-21(24)28/h4-5,7-8,10-11,13,25H,2-3,6,9,12H2,1H3,(H,22,26)(H,23,28). The van der Waals surface area contributed by atoms with Gasteiger partial charge in [-0.2, -0.15) is 0 Å². The molecule has 7 heteroatoms. The maximum absolute atomic E-state index is 12.6. The highest BCUT2D eigenvalue weighted by molar-refractivity contribution is 7.71. The molecule has 0 spiro atoms. The molecule has 1 aromatic heterocycles. The van der Waals surface area contributed by atoms with Crippen molar-refractivity contribution in [3.63, 3.8) is 0 Å². The van der Waals surface area contributed by atoms with Crippen LogP contribution < -0.4 is 10.9 Å². The number of unbranched alkanes of at least 4 members (excludes halogenated alkanes) is 2. The summed E-state index contributed by atoms with van der Waals surface area (Å²) in [4.78, 5) is 27.7. The number of benzene rings is 2. The molecule has 146 valence electrons. The topological polar surface area (TPSA) is 87.1 Å². The van der Waals surface area contributed by atoms with Crippen LogP contribution in [0.5, 0.6) is 5.75 Å². The highest BCUT2D eigenvalue weighted by Crippen LogP contribution is 2.24. The third-order valence-electron chi connectivity index (χ3n) is 4.60. The van der Waals surface area contributed by atoms with Crippen LogP contribution in [0.3, 0.4) is 0 Å². The summed E-state index contributed by atoms with van der Waals surface area (Å²) in [6.07, 6.45) is 2.59. The highest BCUT2D eigenvalue weighted by atomic mass is 32.1. The van der Waals surface area contributed by atoms with Gasteiger partial charge in [-0.25, -0.2) is 0 Å². The molecule has 0 radical (unpaired) electrons. The smallest absolute Gasteiger partial charge is 0.262 e. The second-order valence-electron chi connectivity index (χ2n) is 6.81. The second-order valence-corrected chi connectivity index (χ2v) is 7.20. The minimum atomic E-state index is -0.140. The number of carbonyl (C=O) groups is 1. The van der Waals surface area contributed by atoms with Gasteiger partial charge in [-0.1, -0.05) is 24.6 Å². The van der Waals surface area contributed by atoms with Gasteiger partial charge >= 0.3 is 0 Å². The first-order valence-electron chi connectivity index (χ1n) is 9.27. The Morgan fingerprint density at radius 3 is 2.75 bits per heavy atom. The molecule has 3 N–H and O–H groups in total. The zero-order valence-electron chi connectivity index (χ0n) is 15.7. The summed E-state index contributed by atoms with van der Waals surface area (Å²) in [7, 11) is 0. The molecule has 3 aromatic rings. The van der Waals surface area contributed by atoms with Crippen LogP contribution in [0.1, 0.15) is 31.2 Å². The molecular weight excluding hydrogens is 374 g/mol. The van der Waals surface area contributed by atoms with E-state index in [-0.39, 0.29) is 17.2 Å². The van der Waals surface area contributed by atoms with Crippen LogP contribution in [0.4, 0.5) is 5.69 Å². The normalized spacial score (nSPS) is 10.9. The van der Waals surface area contributed by atoms with E-state index in [1.165, 1.54) is 0 Å². The van der Waals surface area contributed by atoms with E-state index in [0.29, 0.717) is 35.2 Å². The Hall–Kier alpha value is -2.93. The van der Waals surface area contributed by atoms with Gasteiger partial charge < -0.3 is 15.4 Å². The number of nitrogens with one attached hydrogen (secondary N) is 2. The summed E-state index contributed by atoms with van der Waals surface area (Å²) >= 11 is 5.30. The van der Waals surface area contributed by atoms with Gasteiger partial charge in [0.2, 0.25) is 5.91 Å². The Balaban J connectivity index is 1.50. The number of aryl methyl sites for hydroxylation is 1. The Morgan fingerprint density at radius 1 is 1.18 bits per heavy atom. The van der Waals surface area contributed by atoms with Crippen LogP contribution in [0, 0.1) is 11.7 Å². The van der Waals surface area contributed by atoms with E-state index in [0.717, 1.165) is 23.9 Å². The van der Waals surface area contributed by atoms with E-state index in [2.05, 4.69) is 10.3 Å². The van der Waals surface area contributed by atoms with Gasteiger partial charge in [-0.05, 0) is 61.8 Å². The van der Waals surface area contributed by atoms with Crippen molar-refractivity contribution in [2.24, 2.45) is 0 Å². The summed E-state index contributed by atoms with van der Waals surface area (Å²) in [5.41, 5.74) is 2.00. The molecule has 0 saturated heterocycles. The number of aromatic amines is 1. The van der Waals surface area contributed by atoms with E-state index < -0.39 is 0 Å². The van der Waals surface area contributed by atoms with Crippen molar-refractivity contribution in [1.82, 2.24) is 9.55 Å². The van der Waals surface area contributed by atoms with Crippen LogP contribution in [-0.4, -0.2) is 20.6 Å². The van der Waals surface area contributed by atoms with Crippen LogP contribution in [0.25, 0.3) is 10.9 Å². The number of fused-ring (bicyclic) bond motifs is 1. The van der Waals surface area contributed by atoms with Gasteiger partial charge in [-0.3, -0.25) is 14.2 Å². The fourth-order valence-electron chi connectivity index (χ4n) is 3.09. The molecule has 0 bridgehead atoms. The van der Waals surface area contributed by atoms with Crippen molar-refractivity contribution in [3.05, 3.63) is 63.2 Å². The number of aromatic hydroxyl groups is 1. The number of H-pyrrole nitrogens is 1. The number of para-hydroxylation sites is 1. The summed E-state index contributed by atoms with van der Waals surface area (Å²) in [6.45, 7) is 2.39. The molecule has 0 fully saturated rings. The quantitative estimate of drug-likeness (QED) is 0.316. The summed E-state index contributed by atoms with van der Waals surface area (Å²) in [5, 5.41) is 13.2. The first kappa shape index (κ1) is 19.8. The number of hydrogen-bond acceptors (Lipinski definition) is 4. The Bertz CT molecular complexity index is 1120. The summed E-state index contributed by atoms with van der Waals surface area (Å²) < 4.78 is 1.98. The number of phenols is 1. The van der Waals surface area contributed by atoms with Gasteiger partial charge in [0.25, 0.3) is 5.56 Å². The van der Waals surface area contributed by atoms with Gasteiger partial charge in [0.15, 0.2) is 4.77 Å². The molecule has 1 amide bonds. The lowest BCUT2D eigenvalue weighted by Crippen LogP contribution is -2.22. The number of amides is 1. The van der Waals surface area contributed by atoms with Crippen molar-refractivity contribution in [2.45, 2.75) is 39.2 Å². The minimum Gasteiger partial charge on any atom is -0.506 e. The molecular formula is C21H23N3O3S. The summed E-state index contributed by atoms with van der Waals surface area (Å²) in [6, 6.07) is 12.4. The van der Waals surface area contributed by atoms with Crippen LogP contribution in [0.2, 0.25) is 0 Å². The molecule has 0 aliphatic carbocycles. The van der Waals surface area contributed by atoms with E-state index in [4.69, 9.17) is 12.2 Å². The van der Waals surface area contributed by atoms with Crippen molar-refractivity contribution in [3.8, 4) is 5.75 Å². The molecule has 0 atom stereocenters. The first-order chi connectivity index (χ1) is 13.5. The molecule has 28 heavy (non-hydrogen) atoms. The lowest BCUT2D eigenvalue weighted by Gasteiger charge is -2.09. The van der Waals surface area contributed by atoms with E-state index >= 15 is 0 Å². The minimum absolute atomic E-state index is 0.0678. The zero-order chi connectivity index (χ0) is 20.1. The third-order valence-corrected chi connectivity index (χ3v) is 4.92. The lowest BCUT2D eigenvalue weighted by molar-refractivity contribution is -0.116. The molecule has 1 heterocycles. The van der Waals surface area contributed by atoms with E-state index in [1.807, 2.05) is 31.2 Å².